The summed E-state index contributed by atoms with van der Waals surface area (Å²) < 4.78 is 0. The van der Waals surface area contributed by atoms with Crippen LogP contribution >= 0.6 is 0 Å². The summed E-state index contributed by atoms with van der Waals surface area (Å²) in [4.78, 5) is 12.3. The lowest BCUT2D eigenvalue weighted by atomic mass is 9.79. The van der Waals surface area contributed by atoms with Crippen LogP contribution in [0.4, 0.5) is 0 Å². The third kappa shape index (κ3) is 4.67. The maximum absolute atomic E-state index is 12.3. The Kier molecular flexibility index (Phi) is 6.44. The largest absolute Gasteiger partial charge is 0.330 e. The van der Waals surface area contributed by atoms with E-state index in [1.54, 1.807) is 0 Å². The topological polar surface area (TPSA) is 43.1 Å². The highest BCUT2D eigenvalue weighted by Gasteiger charge is 2.22. The van der Waals surface area contributed by atoms with E-state index in [2.05, 4.69) is 31.2 Å². The Morgan fingerprint density at radius 3 is 2.90 bits per heavy atom. The van der Waals surface area contributed by atoms with Crippen molar-refractivity contribution in [3.63, 3.8) is 0 Å². The van der Waals surface area contributed by atoms with Crippen LogP contribution in [0.5, 0.6) is 0 Å². The summed E-state index contributed by atoms with van der Waals surface area (Å²) in [5.74, 6) is 1.52. The number of rotatable bonds is 8. The molecule has 0 saturated carbocycles. The molecule has 0 spiro atoms. The first-order valence-electron chi connectivity index (χ1n) is 8.54. The highest BCUT2D eigenvalue weighted by atomic mass is 16.1. The molecule has 1 aromatic rings. The highest BCUT2D eigenvalue weighted by Crippen LogP contribution is 2.34. The molecule has 0 heterocycles. The molecule has 0 amide bonds. The number of fused-ring (bicyclic) bond motifs is 1. The summed E-state index contributed by atoms with van der Waals surface area (Å²) in [6.07, 6.45) is 8.23. The predicted octanol–water partition coefficient (Wildman–Crippen LogP) is 4.22. The Morgan fingerprint density at radius 1 is 1.33 bits per heavy atom. The van der Waals surface area contributed by atoms with Gasteiger partial charge < -0.3 is 5.73 Å². The van der Waals surface area contributed by atoms with E-state index in [0.29, 0.717) is 17.6 Å². The number of benzene rings is 1. The third-order valence-corrected chi connectivity index (χ3v) is 4.95. The van der Waals surface area contributed by atoms with E-state index in [1.165, 1.54) is 30.4 Å². The minimum Gasteiger partial charge on any atom is -0.330 e. The SMILES string of the molecule is CCC(CCN)CCC(=O)CC1CCCc2ccccc21. The maximum atomic E-state index is 12.3. The van der Waals surface area contributed by atoms with Crippen molar-refractivity contribution < 1.29 is 4.79 Å². The maximum Gasteiger partial charge on any atom is 0.133 e. The fourth-order valence-electron chi connectivity index (χ4n) is 3.60. The lowest BCUT2D eigenvalue weighted by Gasteiger charge is -2.25. The second-order valence-corrected chi connectivity index (χ2v) is 6.42. The van der Waals surface area contributed by atoms with Gasteiger partial charge in [-0.15, -0.1) is 0 Å². The van der Waals surface area contributed by atoms with Crippen LogP contribution in [0.25, 0.3) is 0 Å². The molecule has 1 aliphatic rings. The van der Waals surface area contributed by atoms with E-state index in [-0.39, 0.29) is 0 Å². The molecule has 21 heavy (non-hydrogen) atoms. The standard InChI is InChI=1S/C19H29NO/c1-2-15(12-13-20)10-11-18(21)14-17-8-5-7-16-6-3-4-9-19(16)17/h3-4,6,9,15,17H,2,5,7-8,10-14,20H2,1H3. The Hall–Kier alpha value is -1.15. The summed E-state index contributed by atoms with van der Waals surface area (Å²) in [5, 5.41) is 0. The number of carbonyl (C=O) groups is 1. The summed E-state index contributed by atoms with van der Waals surface area (Å²) >= 11 is 0. The molecule has 0 aromatic heterocycles. The predicted molar refractivity (Wildman–Crippen MR) is 88.4 cm³/mol. The first kappa shape index (κ1) is 16.2. The van der Waals surface area contributed by atoms with Gasteiger partial charge in [0, 0.05) is 12.8 Å². The van der Waals surface area contributed by atoms with E-state index < -0.39 is 0 Å². The van der Waals surface area contributed by atoms with Gasteiger partial charge in [-0.1, -0.05) is 37.6 Å². The van der Waals surface area contributed by atoms with Crippen LogP contribution in [0, 0.1) is 5.92 Å². The van der Waals surface area contributed by atoms with Crippen molar-refractivity contribution in [3.8, 4) is 0 Å². The zero-order chi connectivity index (χ0) is 15.1. The number of hydrogen-bond donors (Lipinski definition) is 1. The summed E-state index contributed by atoms with van der Waals surface area (Å²) in [7, 11) is 0. The average Bonchev–Trinajstić information content (AvgIpc) is 2.52. The van der Waals surface area contributed by atoms with Crippen LogP contribution in [0.2, 0.25) is 0 Å². The molecule has 2 rings (SSSR count). The quantitative estimate of drug-likeness (QED) is 0.778. The molecule has 2 unspecified atom stereocenters. The summed E-state index contributed by atoms with van der Waals surface area (Å²) in [6.45, 7) is 2.94. The fraction of sp³-hybridized carbons (Fsp3) is 0.632. The van der Waals surface area contributed by atoms with E-state index >= 15 is 0 Å². The minimum absolute atomic E-state index is 0.437. The van der Waals surface area contributed by atoms with Crippen molar-refractivity contribution in [2.45, 2.75) is 64.2 Å². The molecule has 0 fully saturated rings. The van der Waals surface area contributed by atoms with Crippen LogP contribution in [0.1, 0.15) is 68.9 Å². The summed E-state index contributed by atoms with van der Waals surface area (Å²) in [6, 6.07) is 8.66. The van der Waals surface area contributed by atoms with E-state index in [1.807, 2.05) is 0 Å². The van der Waals surface area contributed by atoms with Gasteiger partial charge in [0.05, 0.1) is 0 Å². The van der Waals surface area contributed by atoms with Gasteiger partial charge in [-0.2, -0.15) is 0 Å². The van der Waals surface area contributed by atoms with Gasteiger partial charge in [-0.25, -0.2) is 0 Å². The van der Waals surface area contributed by atoms with Crippen molar-refractivity contribution in [1.29, 1.82) is 0 Å². The minimum atomic E-state index is 0.437. The number of hydrogen-bond acceptors (Lipinski definition) is 2. The number of nitrogens with two attached hydrogens (primary N) is 1. The van der Waals surface area contributed by atoms with Gasteiger partial charge in [-0.05, 0) is 61.6 Å². The van der Waals surface area contributed by atoms with Gasteiger partial charge in [0.2, 0.25) is 0 Å². The van der Waals surface area contributed by atoms with E-state index in [4.69, 9.17) is 5.73 Å². The van der Waals surface area contributed by atoms with Gasteiger partial charge >= 0.3 is 0 Å². The molecule has 116 valence electrons. The molecular weight excluding hydrogens is 258 g/mol. The number of Topliss-reactive ketones (excluding diaryl/α,β-unsaturated/α-hetero) is 1. The molecule has 0 aliphatic heterocycles. The molecule has 2 nitrogen and oxygen atoms in total. The van der Waals surface area contributed by atoms with Crippen molar-refractivity contribution in [1.82, 2.24) is 0 Å². The average molecular weight is 287 g/mol. The zero-order valence-electron chi connectivity index (χ0n) is 13.3. The lowest BCUT2D eigenvalue weighted by Crippen LogP contribution is -2.15. The molecule has 1 aromatic carbocycles. The molecule has 0 saturated heterocycles. The molecule has 0 bridgehead atoms. The first-order chi connectivity index (χ1) is 10.2. The molecular formula is C19H29NO. The normalized spacial score (nSPS) is 19.0. The third-order valence-electron chi connectivity index (χ3n) is 4.95. The van der Waals surface area contributed by atoms with Gasteiger partial charge in [0.25, 0.3) is 0 Å². The van der Waals surface area contributed by atoms with Crippen molar-refractivity contribution in [2.24, 2.45) is 11.7 Å². The molecule has 2 N–H and O–H groups in total. The molecule has 1 aliphatic carbocycles. The van der Waals surface area contributed by atoms with Crippen molar-refractivity contribution in [3.05, 3.63) is 35.4 Å². The molecule has 2 atom stereocenters. The highest BCUT2D eigenvalue weighted by molar-refractivity contribution is 5.79. The Labute approximate surface area is 129 Å². The van der Waals surface area contributed by atoms with Crippen molar-refractivity contribution in [2.75, 3.05) is 6.54 Å². The number of aryl methyl sites for hydroxylation is 1. The Morgan fingerprint density at radius 2 is 2.14 bits per heavy atom. The van der Waals surface area contributed by atoms with Gasteiger partial charge in [0.1, 0.15) is 5.78 Å². The summed E-state index contributed by atoms with van der Waals surface area (Å²) in [5.41, 5.74) is 8.51. The number of carbonyl (C=O) groups excluding carboxylic acids is 1. The van der Waals surface area contributed by atoms with E-state index in [9.17, 15) is 4.79 Å². The monoisotopic (exact) mass is 287 g/mol. The second-order valence-electron chi connectivity index (χ2n) is 6.42. The molecule has 0 radical (unpaired) electrons. The first-order valence-corrected chi connectivity index (χ1v) is 8.54. The van der Waals surface area contributed by atoms with Crippen LogP contribution in [0.3, 0.4) is 0 Å². The smallest absolute Gasteiger partial charge is 0.133 e. The van der Waals surface area contributed by atoms with Crippen molar-refractivity contribution >= 4 is 5.78 Å². The second kappa shape index (κ2) is 8.33. The fourth-order valence-corrected chi connectivity index (χ4v) is 3.60. The van der Waals surface area contributed by atoms with Gasteiger partial charge in [-0.3, -0.25) is 4.79 Å². The van der Waals surface area contributed by atoms with Crippen LogP contribution in [-0.2, 0) is 11.2 Å². The molecule has 2 heteroatoms. The van der Waals surface area contributed by atoms with Gasteiger partial charge in [0.15, 0.2) is 0 Å². The lowest BCUT2D eigenvalue weighted by molar-refractivity contribution is -0.119. The number of ketones is 1. The van der Waals surface area contributed by atoms with Crippen LogP contribution in [0.15, 0.2) is 24.3 Å². The zero-order valence-corrected chi connectivity index (χ0v) is 13.3. The van der Waals surface area contributed by atoms with E-state index in [0.717, 1.165) is 38.6 Å². The van der Waals surface area contributed by atoms with Crippen LogP contribution < -0.4 is 5.73 Å². The van der Waals surface area contributed by atoms with Crippen LogP contribution in [-0.4, -0.2) is 12.3 Å². The Balaban J connectivity index is 1.86. The Bertz CT molecular complexity index is 455.